The Balaban J connectivity index is 1.38. The number of anilines is 1. The average molecular weight is 420 g/mol. The van der Waals surface area contributed by atoms with Crippen molar-refractivity contribution in [2.75, 3.05) is 31.5 Å². The second kappa shape index (κ2) is 9.24. The van der Waals surface area contributed by atoms with Crippen molar-refractivity contribution in [3.8, 4) is 11.1 Å². The van der Waals surface area contributed by atoms with Gasteiger partial charge >= 0.3 is 0 Å². The number of carbonyl (C=O) groups excluding carboxylic acids is 2. The van der Waals surface area contributed by atoms with Crippen molar-refractivity contribution >= 4 is 28.8 Å². The number of carbonyl (C=O) groups is 2. The highest BCUT2D eigenvalue weighted by molar-refractivity contribution is 7.12. The smallest absolute Gasteiger partial charge is 0.264 e. The second-order valence-corrected chi connectivity index (χ2v) is 8.33. The maximum absolute atomic E-state index is 13.0. The quantitative estimate of drug-likeness (QED) is 0.674. The second-order valence-electron chi connectivity index (χ2n) is 7.38. The highest BCUT2D eigenvalue weighted by Crippen LogP contribution is 2.28. The van der Waals surface area contributed by atoms with Gasteiger partial charge in [0.1, 0.15) is 0 Å². The summed E-state index contributed by atoms with van der Waals surface area (Å²) in [6.45, 7) is 4.57. The summed E-state index contributed by atoms with van der Waals surface area (Å²) in [6.07, 6.45) is 0. The molecule has 1 saturated heterocycles. The number of piperazine rings is 1. The topological polar surface area (TPSA) is 52.7 Å². The molecule has 0 radical (unpaired) electrons. The van der Waals surface area contributed by atoms with Crippen molar-refractivity contribution in [1.82, 2.24) is 9.80 Å². The lowest BCUT2D eigenvalue weighted by Gasteiger charge is -2.37. The highest BCUT2D eigenvalue weighted by atomic mass is 32.1. The van der Waals surface area contributed by atoms with Gasteiger partial charge in [0.25, 0.3) is 5.91 Å². The van der Waals surface area contributed by atoms with Crippen LogP contribution in [0.2, 0.25) is 0 Å². The minimum absolute atomic E-state index is 0.0311. The maximum Gasteiger partial charge on any atom is 0.264 e. The SMILES string of the molecule is CC(C(=O)Nc1ccccc1-c1ccccc1)N1CCN(C(=O)c2cccs2)CC1. The van der Waals surface area contributed by atoms with E-state index in [0.717, 1.165) is 21.7 Å². The fourth-order valence-electron chi connectivity index (χ4n) is 3.73. The first-order chi connectivity index (χ1) is 14.6. The minimum atomic E-state index is -0.271. The zero-order chi connectivity index (χ0) is 20.9. The summed E-state index contributed by atoms with van der Waals surface area (Å²) in [5.74, 6) is 0.0509. The molecule has 1 atom stereocenters. The molecule has 2 amide bonds. The van der Waals surface area contributed by atoms with Crippen LogP contribution < -0.4 is 5.32 Å². The Bertz CT molecular complexity index is 996. The molecule has 5 nitrogen and oxygen atoms in total. The van der Waals surface area contributed by atoms with Gasteiger partial charge in [-0.05, 0) is 30.0 Å². The number of rotatable bonds is 5. The zero-order valence-corrected chi connectivity index (χ0v) is 17.8. The van der Waals surface area contributed by atoms with Crippen LogP contribution in [0.3, 0.4) is 0 Å². The molecule has 0 aliphatic carbocycles. The third kappa shape index (κ3) is 4.45. The third-order valence-corrected chi connectivity index (χ3v) is 6.39. The van der Waals surface area contributed by atoms with E-state index < -0.39 is 0 Å². The molecule has 4 rings (SSSR count). The Kier molecular flexibility index (Phi) is 6.26. The number of amides is 2. The van der Waals surface area contributed by atoms with Crippen molar-refractivity contribution in [3.05, 3.63) is 77.0 Å². The molecule has 2 aromatic carbocycles. The van der Waals surface area contributed by atoms with Gasteiger partial charge in [-0.25, -0.2) is 0 Å². The van der Waals surface area contributed by atoms with E-state index in [0.29, 0.717) is 26.2 Å². The zero-order valence-electron chi connectivity index (χ0n) is 17.0. The number of benzene rings is 2. The van der Waals surface area contributed by atoms with Crippen LogP contribution in [0.15, 0.2) is 72.1 Å². The van der Waals surface area contributed by atoms with Gasteiger partial charge in [-0.3, -0.25) is 14.5 Å². The van der Waals surface area contributed by atoms with E-state index in [1.54, 1.807) is 0 Å². The first kappa shape index (κ1) is 20.3. The standard InChI is InChI=1S/C24H25N3O2S/c1-18(26-13-15-27(16-14-26)24(29)22-12-7-17-30-22)23(28)25-21-11-6-5-10-20(21)19-8-3-2-4-9-19/h2-12,17-18H,13-16H2,1H3,(H,25,28). The summed E-state index contributed by atoms with van der Waals surface area (Å²) in [7, 11) is 0. The van der Waals surface area contributed by atoms with Gasteiger partial charge in [-0.1, -0.05) is 54.6 Å². The lowest BCUT2D eigenvalue weighted by molar-refractivity contribution is -0.121. The molecule has 1 aliphatic heterocycles. The van der Waals surface area contributed by atoms with Crippen molar-refractivity contribution in [2.45, 2.75) is 13.0 Å². The third-order valence-electron chi connectivity index (χ3n) is 5.53. The summed E-state index contributed by atoms with van der Waals surface area (Å²) in [5, 5.41) is 5.02. The van der Waals surface area contributed by atoms with Crippen LogP contribution in [0.4, 0.5) is 5.69 Å². The van der Waals surface area contributed by atoms with Gasteiger partial charge in [-0.15, -0.1) is 11.3 Å². The van der Waals surface area contributed by atoms with E-state index >= 15 is 0 Å². The molecule has 154 valence electrons. The minimum Gasteiger partial charge on any atom is -0.335 e. The Labute approximate surface area is 180 Å². The molecule has 1 fully saturated rings. The van der Waals surface area contributed by atoms with Crippen LogP contribution in [-0.2, 0) is 4.79 Å². The molecule has 1 aromatic heterocycles. The Morgan fingerprint density at radius 2 is 1.60 bits per heavy atom. The van der Waals surface area contributed by atoms with Crippen LogP contribution in [0.1, 0.15) is 16.6 Å². The van der Waals surface area contributed by atoms with E-state index in [-0.39, 0.29) is 17.9 Å². The summed E-state index contributed by atoms with van der Waals surface area (Å²) in [4.78, 5) is 30.3. The van der Waals surface area contributed by atoms with Crippen LogP contribution in [0.25, 0.3) is 11.1 Å². The van der Waals surface area contributed by atoms with E-state index in [9.17, 15) is 9.59 Å². The molecular formula is C24H25N3O2S. The van der Waals surface area contributed by atoms with Gasteiger partial charge in [0.15, 0.2) is 0 Å². The van der Waals surface area contributed by atoms with Gasteiger partial charge in [0.05, 0.1) is 10.9 Å². The van der Waals surface area contributed by atoms with Gasteiger partial charge in [0, 0.05) is 37.4 Å². The molecule has 1 N–H and O–H groups in total. The molecule has 2 heterocycles. The molecular weight excluding hydrogens is 394 g/mol. The number of hydrogen-bond acceptors (Lipinski definition) is 4. The van der Waals surface area contributed by atoms with Crippen LogP contribution >= 0.6 is 11.3 Å². The van der Waals surface area contributed by atoms with Crippen molar-refractivity contribution in [3.63, 3.8) is 0 Å². The number of nitrogens with zero attached hydrogens (tertiary/aromatic N) is 2. The van der Waals surface area contributed by atoms with E-state index in [1.165, 1.54) is 11.3 Å². The maximum atomic E-state index is 13.0. The van der Waals surface area contributed by atoms with Crippen molar-refractivity contribution in [1.29, 1.82) is 0 Å². The van der Waals surface area contributed by atoms with Crippen LogP contribution in [-0.4, -0.2) is 53.8 Å². The highest BCUT2D eigenvalue weighted by Gasteiger charge is 2.28. The number of para-hydroxylation sites is 1. The average Bonchev–Trinajstić information content (AvgIpc) is 3.34. The molecule has 1 unspecified atom stereocenters. The Hall–Kier alpha value is -2.96. The number of thiophene rings is 1. The van der Waals surface area contributed by atoms with Gasteiger partial charge in [0.2, 0.25) is 5.91 Å². The normalized spacial score (nSPS) is 15.6. The molecule has 6 heteroatoms. The monoisotopic (exact) mass is 419 g/mol. The predicted octanol–water partition coefficient (Wildman–Crippen LogP) is 4.20. The Morgan fingerprint density at radius 3 is 2.30 bits per heavy atom. The Morgan fingerprint density at radius 1 is 0.900 bits per heavy atom. The summed E-state index contributed by atoms with van der Waals surface area (Å²) < 4.78 is 0. The molecule has 0 saturated carbocycles. The fourth-order valence-corrected chi connectivity index (χ4v) is 4.42. The van der Waals surface area contributed by atoms with Crippen molar-refractivity contribution < 1.29 is 9.59 Å². The van der Waals surface area contributed by atoms with Gasteiger partial charge < -0.3 is 10.2 Å². The fraction of sp³-hybridized carbons (Fsp3) is 0.250. The molecule has 30 heavy (non-hydrogen) atoms. The lowest BCUT2D eigenvalue weighted by atomic mass is 10.0. The van der Waals surface area contributed by atoms with E-state index in [4.69, 9.17) is 0 Å². The van der Waals surface area contributed by atoms with Gasteiger partial charge in [-0.2, -0.15) is 0 Å². The van der Waals surface area contributed by atoms with E-state index in [1.807, 2.05) is 83.9 Å². The van der Waals surface area contributed by atoms with Crippen LogP contribution in [0.5, 0.6) is 0 Å². The van der Waals surface area contributed by atoms with Crippen LogP contribution in [0, 0.1) is 0 Å². The molecule has 0 bridgehead atoms. The summed E-state index contributed by atoms with van der Waals surface area (Å²) >= 11 is 1.47. The molecule has 1 aliphatic rings. The summed E-state index contributed by atoms with van der Waals surface area (Å²) in [5.41, 5.74) is 2.89. The molecule has 3 aromatic rings. The van der Waals surface area contributed by atoms with Crippen molar-refractivity contribution in [2.24, 2.45) is 0 Å². The number of nitrogens with one attached hydrogen (secondary N) is 1. The summed E-state index contributed by atoms with van der Waals surface area (Å²) in [6, 6.07) is 21.4. The largest absolute Gasteiger partial charge is 0.335 e. The first-order valence-corrected chi connectivity index (χ1v) is 11.0. The predicted molar refractivity (Wildman–Crippen MR) is 122 cm³/mol. The van der Waals surface area contributed by atoms with E-state index in [2.05, 4.69) is 10.2 Å². The first-order valence-electron chi connectivity index (χ1n) is 10.2. The lowest BCUT2D eigenvalue weighted by Crippen LogP contribution is -2.54. The number of hydrogen-bond donors (Lipinski definition) is 1. The molecule has 0 spiro atoms.